The second kappa shape index (κ2) is 8.92. The molecular formula is C21H26FN3O. The average Bonchev–Trinajstić information content (AvgIpc) is 2.68. The Morgan fingerprint density at radius 3 is 2.35 bits per heavy atom. The largest absolute Gasteiger partial charge is 0.351 e. The van der Waals surface area contributed by atoms with E-state index in [1.54, 1.807) is 0 Å². The molecule has 1 saturated heterocycles. The van der Waals surface area contributed by atoms with Crippen LogP contribution in [-0.4, -0.2) is 48.4 Å². The van der Waals surface area contributed by atoms with Crippen molar-refractivity contribution in [1.29, 1.82) is 0 Å². The average molecular weight is 355 g/mol. The topological polar surface area (TPSA) is 35.6 Å². The summed E-state index contributed by atoms with van der Waals surface area (Å²) in [6.45, 7) is 6.70. The number of nitrogens with zero attached hydrogens (tertiary/aromatic N) is 2. The first-order valence-corrected chi connectivity index (χ1v) is 9.14. The first kappa shape index (κ1) is 18.5. The summed E-state index contributed by atoms with van der Waals surface area (Å²) in [5.74, 6) is -0.138. The molecule has 0 aliphatic carbocycles. The molecule has 138 valence electrons. The third kappa shape index (κ3) is 5.13. The highest BCUT2D eigenvalue weighted by atomic mass is 19.1. The molecule has 0 aromatic heterocycles. The molecule has 1 N–H and O–H groups in total. The van der Waals surface area contributed by atoms with E-state index >= 15 is 0 Å². The van der Waals surface area contributed by atoms with Gasteiger partial charge in [0.15, 0.2) is 0 Å². The Kier molecular flexibility index (Phi) is 6.36. The van der Waals surface area contributed by atoms with Crippen molar-refractivity contribution in [3.63, 3.8) is 0 Å². The van der Waals surface area contributed by atoms with Crippen molar-refractivity contribution in [2.75, 3.05) is 32.7 Å². The van der Waals surface area contributed by atoms with Gasteiger partial charge in [-0.05, 0) is 30.2 Å². The van der Waals surface area contributed by atoms with Crippen LogP contribution >= 0.6 is 0 Å². The van der Waals surface area contributed by atoms with Gasteiger partial charge in [-0.15, -0.1) is 0 Å². The van der Waals surface area contributed by atoms with Crippen molar-refractivity contribution < 1.29 is 9.18 Å². The van der Waals surface area contributed by atoms with Gasteiger partial charge in [0.05, 0.1) is 6.54 Å². The number of carbonyl (C=O) groups is 1. The minimum absolute atomic E-state index is 0.0638. The smallest absolute Gasteiger partial charge is 0.234 e. The lowest BCUT2D eigenvalue weighted by molar-refractivity contribution is -0.122. The van der Waals surface area contributed by atoms with Gasteiger partial charge in [0, 0.05) is 38.8 Å². The van der Waals surface area contributed by atoms with Gasteiger partial charge >= 0.3 is 0 Å². The normalized spacial score (nSPS) is 17.0. The van der Waals surface area contributed by atoms with E-state index in [0.717, 1.165) is 37.3 Å². The highest BCUT2D eigenvalue weighted by Crippen LogP contribution is 2.21. The van der Waals surface area contributed by atoms with Gasteiger partial charge in [0.1, 0.15) is 5.82 Å². The summed E-state index contributed by atoms with van der Waals surface area (Å²) in [5, 5.41) is 2.98. The third-order valence-electron chi connectivity index (χ3n) is 5.01. The molecule has 5 heteroatoms. The molecule has 26 heavy (non-hydrogen) atoms. The Bertz CT molecular complexity index is 697. The van der Waals surface area contributed by atoms with Crippen molar-refractivity contribution >= 4 is 5.91 Å². The van der Waals surface area contributed by atoms with Crippen molar-refractivity contribution in [3.8, 4) is 0 Å². The number of halogens is 1. The lowest BCUT2D eigenvalue weighted by Crippen LogP contribution is -2.49. The van der Waals surface area contributed by atoms with Crippen LogP contribution in [0.25, 0.3) is 0 Å². The van der Waals surface area contributed by atoms with E-state index in [1.165, 1.54) is 12.1 Å². The zero-order chi connectivity index (χ0) is 18.4. The standard InChI is InChI=1S/C21H26FN3O/c1-17(19-7-9-20(22)10-8-19)25-13-11-24(12-14-25)16-21(26)23-15-18-5-3-2-4-6-18/h2-10,17H,11-16H2,1H3,(H,23,26)/t17-/m1/s1. The van der Waals surface area contributed by atoms with Crippen LogP contribution in [0.1, 0.15) is 24.1 Å². The van der Waals surface area contributed by atoms with Gasteiger partial charge in [0.2, 0.25) is 5.91 Å². The molecular weight excluding hydrogens is 329 g/mol. The third-order valence-corrected chi connectivity index (χ3v) is 5.01. The highest BCUT2D eigenvalue weighted by molar-refractivity contribution is 5.78. The summed E-state index contributed by atoms with van der Waals surface area (Å²) in [6, 6.07) is 16.9. The zero-order valence-electron chi connectivity index (χ0n) is 15.2. The Hall–Kier alpha value is -2.24. The monoisotopic (exact) mass is 355 g/mol. The van der Waals surface area contributed by atoms with Crippen LogP contribution in [-0.2, 0) is 11.3 Å². The van der Waals surface area contributed by atoms with E-state index in [0.29, 0.717) is 13.1 Å². The lowest BCUT2D eigenvalue weighted by atomic mass is 10.1. The number of carbonyl (C=O) groups excluding carboxylic acids is 1. The maximum atomic E-state index is 13.1. The van der Waals surface area contributed by atoms with Crippen LogP contribution in [0, 0.1) is 5.82 Å². The van der Waals surface area contributed by atoms with Crippen LogP contribution < -0.4 is 5.32 Å². The zero-order valence-corrected chi connectivity index (χ0v) is 15.2. The van der Waals surface area contributed by atoms with Gasteiger partial charge < -0.3 is 5.32 Å². The molecule has 1 atom stereocenters. The molecule has 0 unspecified atom stereocenters. The molecule has 1 aliphatic heterocycles. The van der Waals surface area contributed by atoms with Gasteiger partial charge in [-0.3, -0.25) is 14.6 Å². The van der Waals surface area contributed by atoms with Crippen molar-refractivity contribution in [2.24, 2.45) is 0 Å². The SMILES string of the molecule is C[C@H](c1ccc(F)cc1)N1CCN(CC(=O)NCc2ccccc2)CC1. The predicted molar refractivity (Wildman–Crippen MR) is 101 cm³/mol. The molecule has 1 aliphatic rings. The van der Waals surface area contributed by atoms with E-state index in [2.05, 4.69) is 22.0 Å². The van der Waals surface area contributed by atoms with E-state index in [9.17, 15) is 9.18 Å². The summed E-state index contributed by atoms with van der Waals surface area (Å²) in [6.07, 6.45) is 0. The fourth-order valence-corrected chi connectivity index (χ4v) is 3.32. The molecule has 3 rings (SSSR count). The highest BCUT2D eigenvalue weighted by Gasteiger charge is 2.23. The van der Waals surface area contributed by atoms with Crippen molar-refractivity contribution in [1.82, 2.24) is 15.1 Å². The first-order chi connectivity index (χ1) is 12.6. The minimum Gasteiger partial charge on any atom is -0.351 e. The molecule has 1 amide bonds. The van der Waals surface area contributed by atoms with E-state index in [1.807, 2.05) is 42.5 Å². The minimum atomic E-state index is -0.202. The molecule has 2 aromatic carbocycles. The molecule has 4 nitrogen and oxygen atoms in total. The van der Waals surface area contributed by atoms with Gasteiger partial charge in [-0.1, -0.05) is 42.5 Å². The van der Waals surface area contributed by atoms with Crippen LogP contribution in [0.4, 0.5) is 4.39 Å². The Morgan fingerprint density at radius 2 is 1.69 bits per heavy atom. The predicted octanol–water partition coefficient (Wildman–Crippen LogP) is 2.82. The fourth-order valence-electron chi connectivity index (χ4n) is 3.32. The maximum absolute atomic E-state index is 13.1. The van der Waals surface area contributed by atoms with E-state index < -0.39 is 0 Å². The number of piperazine rings is 1. The molecule has 0 radical (unpaired) electrons. The van der Waals surface area contributed by atoms with Crippen LogP contribution in [0.3, 0.4) is 0 Å². The number of amides is 1. The number of hydrogen-bond donors (Lipinski definition) is 1. The number of hydrogen-bond acceptors (Lipinski definition) is 3. The van der Waals surface area contributed by atoms with Crippen LogP contribution in [0.5, 0.6) is 0 Å². The van der Waals surface area contributed by atoms with Crippen LogP contribution in [0.2, 0.25) is 0 Å². The Morgan fingerprint density at radius 1 is 1.04 bits per heavy atom. The quantitative estimate of drug-likeness (QED) is 0.866. The maximum Gasteiger partial charge on any atom is 0.234 e. The van der Waals surface area contributed by atoms with E-state index in [4.69, 9.17) is 0 Å². The van der Waals surface area contributed by atoms with Crippen molar-refractivity contribution in [3.05, 3.63) is 71.5 Å². The molecule has 0 spiro atoms. The van der Waals surface area contributed by atoms with Crippen LogP contribution in [0.15, 0.2) is 54.6 Å². The molecule has 1 heterocycles. The fraction of sp³-hybridized carbons (Fsp3) is 0.381. The van der Waals surface area contributed by atoms with Gasteiger partial charge in [0.25, 0.3) is 0 Å². The summed E-state index contributed by atoms with van der Waals surface area (Å²) >= 11 is 0. The Labute approximate surface area is 154 Å². The number of nitrogens with one attached hydrogen (secondary N) is 1. The number of benzene rings is 2. The molecule has 1 fully saturated rings. The molecule has 0 bridgehead atoms. The first-order valence-electron chi connectivity index (χ1n) is 9.14. The molecule has 0 saturated carbocycles. The van der Waals surface area contributed by atoms with Crippen molar-refractivity contribution in [2.45, 2.75) is 19.5 Å². The summed E-state index contributed by atoms with van der Waals surface area (Å²) in [7, 11) is 0. The van der Waals surface area contributed by atoms with Gasteiger partial charge in [-0.2, -0.15) is 0 Å². The van der Waals surface area contributed by atoms with E-state index in [-0.39, 0.29) is 17.8 Å². The summed E-state index contributed by atoms with van der Waals surface area (Å²) < 4.78 is 13.1. The lowest BCUT2D eigenvalue weighted by Gasteiger charge is -2.38. The number of rotatable bonds is 6. The molecule has 2 aromatic rings. The second-order valence-corrected chi connectivity index (χ2v) is 6.80. The van der Waals surface area contributed by atoms with Gasteiger partial charge in [-0.25, -0.2) is 4.39 Å². The second-order valence-electron chi connectivity index (χ2n) is 6.80. The summed E-state index contributed by atoms with van der Waals surface area (Å²) in [4.78, 5) is 16.7. The Balaban J connectivity index is 1.41. The summed E-state index contributed by atoms with van der Waals surface area (Å²) in [5.41, 5.74) is 2.24.